The van der Waals surface area contributed by atoms with Gasteiger partial charge in [0.1, 0.15) is 9.79 Å². The van der Waals surface area contributed by atoms with Crippen molar-refractivity contribution in [2.45, 2.75) is 9.79 Å². The van der Waals surface area contributed by atoms with Gasteiger partial charge in [0.2, 0.25) is 0 Å². The van der Waals surface area contributed by atoms with Crippen molar-refractivity contribution in [1.82, 2.24) is 0 Å². The molecule has 102 valence electrons. The van der Waals surface area contributed by atoms with Gasteiger partial charge in [-0.15, -0.1) is 0 Å². The molecule has 0 fully saturated rings. The smallest absolute Gasteiger partial charge is 0.298 e. The van der Waals surface area contributed by atoms with E-state index in [1.165, 1.54) is 24.3 Å². The van der Waals surface area contributed by atoms with Crippen molar-refractivity contribution in [1.29, 1.82) is 0 Å². The van der Waals surface area contributed by atoms with Gasteiger partial charge >= 0.3 is 0 Å². The van der Waals surface area contributed by atoms with Crippen LogP contribution >= 0.6 is 0 Å². The standard InChI is InChI=1S/C10H8O7S2/c11-9-8(18(12,13)14)5-6-3-1-2-4-7(6)10(9)19(15,16)17/h1-5,11H,(H,12,13,14)(H,15,16,17). The van der Waals surface area contributed by atoms with Crippen LogP contribution < -0.4 is 0 Å². The minimum absolute atomic E-state index is 0.0603. The molecule has 0 aliphatic heterocycles. The van der Waals surface area contributed by atoms with Gasteiger partial charge in [0.15, 0.2) is 5.75 Å². The summed E-state index contributed by atoms with van der Waals surface area (Å²) in [6.07, 6.45) is 0. The summed E-state index contributed by atoms with van der Waals surface area (Å²) in [5.41, 5.74) is 0. The number of phenolic OH excluding ortho intramolecular Hbond substituents is 1. The second-order valence-corrected chi connectivity index (χ2v) is 6.47. The molecule has 3 N–H and O–H groups in total. The Morgan fingerprint density at radius 3 is 2.00 bits per heavy atom. The zero-order valence-corrected chi connectivity index (χ0v) is 10.8. The Kier molecular flexibility index (Phi) is 3.01. The van der Waals surface area contributed by atoms with E-state index in [9.17, 15) is 21.9 Å². The van der Waals surface area contributed by atoms with E-state index in [0.29, 0.717) is 0 Å². The first-order chi connectivity index (χ1) is 8.62. The molecule has 0 aliphatic carbocycles. The fraction of sp³-hybridized carbons (Fsp3) is 0. The zero-order valence-electron chi connectivity index (χ0n) is 9.18. The highest BCUT2D eigenvalue weighted by Crippen LogP contribution is 2.36. The van der Waals surface area contributed by atoms with E-state index in [-0.39, 0.29) is 10.8 Å². The summed E-state index contributed by atoms with van der Waals surface area (Å²) >= 11 is 0. The van der Waals surface area contributed by atoms with Crippen LogP contribution in [0.1, 0.15) is 0 Å². The normalized spacial score (nSPS) is 12.7. The Morgan fingerprint density at radius 2 is 1.47 bits per heavy atom. The molecule has 2 aromatic carbocycles. The number of hydrogen-bond donors (Lipinski definition) is 3. The molecular weight excluding hydrogens is 296 g/mol. The maximum atomic E-state index is 11.3. The van der Waals surface area contributed by atoms with Crippen LogP contribution in [-0.2, 0) is 20.2 Å². The highest BCUT2D eigenvalue weighted by Gasteiger charge is 2.27. The molecule has 0 atom stereocenters. The van der Waals surface area contributed by atoms with Crippen molar-refractivity contribution in [3.05, 3.63) is 30.3 Å². The van der Waals surface area contributed by atoms with Gasteiger partial charge in [-0.2, -0.15) is 16.8 Å². The Bertz CT molecular complexity index is 866. The molecule has 0 aromatic heterocycles. The molecule has 0 unspecified atom stereocenters. The number of phenols is 1. The first-order valence-electron chi connectivity index (χ1n) is 4.82. The number of rotatable bonds is 2. The second kappa shape index (κ2) is 4.17. The molecule has 0 aliphatic rings. The quantitative estimate of drug-likeness (QED) is 0.707. The van der Waals surface area contributed by atoms with Crippen molar-refractivity contribution < 1.29 is 31.0 Å². The lowest BCUT2D eigenvalue weighted by Crippen LogP contribution is -2.05. The predicted octanol–water partition coefficient (Wildman–Crippen LogP) is 1.04. The van der Waals surface area contributed by atoms with Crippen molar-refractivity contribution in [3.63, 3.8) is 0 Å². The number of benzene rings is 2. The van der Waals surface area contributed by atoms with Crippen molar-refractivity contribution in [3.8, 4) is 5.75 Å². The average Bonchev–Trinajstić information content (AvgIpc) is 2.24. The third-order valence-corrected chi connectivity index (χ3v) is 4.27. The van der Waals surface area contributed by atoms with Crippen LogP contribution in [-0.4, -0.2) is 31.0 Å². The van der Waals surface area contributed by atoms with Crippen molar-refractivity contribution in [2.24, 2.45) is 0 Å². The van der Waals surface area contributed by atoms with Gasteiger partial charge in [-0.1, -0.05) is 24.3 Å². The van der Waals surface area contributed by atoms with Crippen LogP contribution in [0.3, 0.4) is 0 Å². The van der Waals surface area contributed by atoms with E-state index in [1.54, 1.807) is 0 Å². The first kappa shape index (κ1) is 13.7. The largest absolute Gasteiger partial charge is 0.505 e. The average molecular weight is 304 g/mol. The summed E-state index contributed by atoms with van der Waals surface area (Å²) in [5.74, 6) is -1.22. The third-order valence-electron chi connectivity index (χ3n) is 2.48. The van der Waals surface area contributed by atoms with Crippen LogP contribution in [0.2, 0.25) is 0 Å². The lowest BCUT2D eigenvalue weighted by molar-refractivity contribution is 0.425. The Hall–Kier alpha value is -1.68. The molecule has 2 rings (SSSR count). The lowest BCUT2D eigenvalue weighted by Gasteiger charge is -2.09. The molecule has 0 radical (unpaired) electrons. The molecule has 19 heavy (non-hydrogen) atoms. The monoisotopic (exact) mass is 304 g/mol. The molecule has 2 aromatic rings. The van der Waals surface area contributed by atoms with E-state index >= 15 is 0 Å². The van der Waals surface area contributed by atoms with Crippen LogP contribution in [0.15, 0.2) is 40.1 Å². The predicted molar refractivity (Wildman–Crippen MR) is 65.2 cm³/mol. The summed E-state index contributed by atoms with van der Waals surface area (Å²) in [5, 5.41) is 9.74. The number of aromatic hydroxyl groups is 1. The van der Waals surface area contributed by atoms with Crippen LogP contribution in [0.5, 0.6) is 5.75 Å². The van der Waals surface area contributed by atoms with Gasteiger partial charge in [-0.05, 0) is 11.5 Å². The van der Waals surface area contributed by atoms with E-state index in [4.69, 9.17) is 9.11 Å². The lowest BCUT2D eigenvalue weighted by atomic mass is 10.1. The maximum absolute atomic E-state index is 11.3. The van der Waals surface area contributed by atoms with E-state index in [0.717, 1.165) is 6.07 Å². The number of hydrogen-bond acceptors (Lipinski definition) is 5. The molecular formula is C10H8O7S2. The molecule has 0 saturated heterocycles. The molecule has 0 heterocycles. The molecule has 9 heteroatoms. The zero-order chi connectivity index (χ0) is 14.4. The van der Waals surface area contributed by atoms with Gasteiger partial charge in [0.05, 0.1) is 0 Å². The fourth-order valence-corrected chi connectivity index (χ4v) is 3.24. The van der Waals surface area contributed by atoms with Gasteiger partial charge in [-0.25, -0.2) is 0 Å². The summed E-state index contributed by atoms with van der Waals surface area (Å²) < 4.78 is 62.8. The van der Waals surface area contributed by atoms with Gasteiger partial charge in [-0.3, -0.25) is 9.11 Å². The summed E-state index contributed by atoms with van der Waals surface area (Å²) in [6, 6.07) is 6.52. The minimum atomic E-state index is -4.87. The van der Waals surface area contributed by atoms with E-state index in [1.807, 2.05) is 0 Å². The second-order valence-electron chi connectivity index (χ2n) is 3.72. The van der Waals surface area contributed by atoms with E-state index < -0.39 is 35.8 Å². The van der Waals surface area contributed by atoms with Gasteiger partial charge < -0.3 is 5.11 Å². The van der Waals surface area contributed by atoms with Crippen LogP contribution in [0, 0.1) is 0 Å². The van der Waals surface area contributed by atoms with Crippen LogP contribution in [0.4, 0.5) is 0 Å². The topological polar surface area (TPSA) is 129 Å². The Balaban J connectivity index is 3.12. The van der Waals surface area contributed by atoms with Crippen molar-refractivity contribution >= 4 is 31.0 Å². The SMILES string of the molecule is O=S(=O)(O)c1cc2ccccc2c(S(=O)(=O)O)c1O. The van der Waals surface area contributed by atoms with Crippen molar-refractivity contribution in [2.75, 3.05) is 0 Å². The Labute approximate surface area is 108 Å². The molecule has 0 saturated carbocycles. The molecule has 7 nitrogen and oxygen atoms in total. The van der Waals surface area contributed by atoms with Gasteiger partial charge in [0, 0.05) is 5.39 Å². The van der Waals surface area contributed by atoms with E-state index in [2.05, 4.69) is 0 Å². The first-order valence-corrected chi connectivity index (χ1v) is 7.70. The summed E-state index contributed by atoms with van der Waals surface area (Å²) in [4.78, 5) is -1.95. The highest BCUT2D eigenvalue weighted by atomic mass is 32.2. The molecule has 0 bridgehead atoms. The molecule has 0 spiro atoms. The maximum Gasteiger partial charge on any atom is 0.298 e. The number of fused-ring (bicyclic) bond motifs is 1. The van der Waals surface area contributed by atoms with Crippen LogP contribution in [0.25, 0.3) is 10.8 Å². The highest BCUT2D eigenvalue weighted by molar-refractivity contribution is 7.87. The third kappa shape index (κ3) is 2.40. The fourth-order valence-electron chi connectivity index (χ4n) is 1.74. The minimum Gasteiger partial charge on any atom is -0.505 e. The molecule has 0 amide bonds. The van der Waals surface area contributed by atoms with Gasteiger partial charge in [0.25, 0.3) is 20.2 Å². The Morgan fingerprint density at radius 1 is 0.895 bits per heavy atom. The summed E-state index contributed by atoms with van der Waals surface area (Å²) in [7, 11) is -9.70. The summed E-state index contributed by atoms with van der Waals surface area (Å²) in [6.45, 7) is 0.